The third kappa shape index (κ3) is 7.69. The molecule has 3 heteroatoms. The van der Waals surface area contributed by atoms with Gasteiger partial charge in [-0.15, -0.1) is 0 Å². The van der Waals surface area contributed by atoms with Crippen molar-refractivity contribution in [1.82, 2.24) is 4.90 Å². The molecule has 0 unspecified atom stereocenters. The van der Waals surface area contributed by atoms with Gasteiger partial charge in [0.15, 0.2) is 0 Å². The van der Waals surface area contributed by atoms with E-state index in [1.54, 1.807) is 0 Å². The smallest absolute Gasteiger partial charge is 0 e. The van der Waals surface area contributed by atoms with Crippen molar-refractivity contribution in [2.45, 2.75) is 20.8 Å². The van der Waals surface area contributed by atoms with Crippen LogP contribution in [0.1, 0.15) is 20.8 Å². The fourth-order valence-corrected chi connectivity index (χ4v) is 5.15. The quantitative estimate of drug-likeness (QED) is 0.370. The van der Waals surface area contributed by atoms with Gasteiger partial charge in [-0.1, -0.05) is 112 Å². The zero-order valence-electron chi connectivity index (χ0n) is 16.5. The van der Waals surface area contributed by atoms with E-state index in [1.165, 1.54) is 35.5 Å². The Bertz CT molecular complexity index is 616. The Morgan fingerprint density at radius 2 is 0.778 bits per heavy atom. The van der Waals surface area contributed by atoms with Gasteiger partial charge in [-0.2, -0.15) is 0 Å². The van der Waals surface area contributed by atoms with Crippen LogP contribution in [0.3, 0.4) is 0 Å². The first-order valence-electron chi connectivity index (χ1n) is 9.47. The summed E-state index contributed by atoms with van der Waals surface area (Å²) in [6, 6.07) is 32.3. The maximum atomic E-state index is 2.38. The molecule has 0 amide bonds. The summed E-state index contributed by atoms with van der Waals surface area (Å²) >= 11 is 0. The van der Waals surface area contributed by atoms with Crippen molar-refractivity contribution in [1.29, 1.82) is 0 Å². The van der Waals surface area contributed by atoms with Crippen molar-refractivity contribution in [3.05, 3.63) is 91.0 Å². The summed E-state index contributed by atoms with van der Waals surface area (Å²) in [7, 11) is -0.446. The molecule has 0 aliphatic carbocycles. The van der Waals surface area contributed by atoms with Crippen molar-refractivity contribution in [3.8, 4) is 0 Å². The molecule has 0 spiro atoms. The number of hydrogen-bond acceptors (Lipinski definition) is 1. The van der Waals surface area contributed by atoms with Crippen molar-refractivity contribution < 1.29 is 20.4 Å². The average Bonchev–Trinajstić information content (AvgIpc) is 2.72. The number of hydrogen-bond donors (Lipinski definition) is 0. The van der Waals surface area contributed by atoms with Crippen LogP contribution in [0.5, 0.6) is 0 Å². The molecule has 3 rings (SSSR count). The topological polar surface area (TPSA) is 3.24 Å². The Balaban J connectivity index is 0.000000395. The zero-order chi connectivity index (χ0) is 18.6. The molecule has 27 heavy (non-hydrogen) atoms. The predicted molar refractivity (Wildman–Crippen MR) is 119 cm³/mol. The summed E-state index contributed by atoms with van der Waals surface area (Å²) in [5.41, 5.74) is 0. The van der Waals surface area contributed by atoms with E-state index >= 15 is 0 Å². The second-order valence-electron chi connectivity index (χ2n) is 5.96. The van der Waals surface area contributed by atoms with E-state index in [2.05, 4.69) is 117 Å². The molecule has 0 aromatic heterocycles. The third-order valence-corrected chi connectivity index (χ3v) is 6.83. The fraction of sp³-hybridized carbons (Fsp3) is 0.250. The summed E-state index contributed by atoms with van der Waals surface area (Å²) in [5, 5.41) is 4.19. The van der Waals surface area contributed by atoms with Gasteiger partial charge in [-0.05, 0) is 43.5 Å². The van der Waals surface area contributed by atoms with Gasteiger partial charge >= 0.3 is 0 Å². The third-order valence-electron chi connectivity index (χ3n) is 4.38. The van der Waals surface area contributed by atoms with Gasteiger partial charge in [0.05, 0.1) is 0 Å². The number of rotatable bonds is 6. The molecule has 1 nitrogen and oxygen atoms in total. The van der Waals surface area contributed by atoms with Gasteiger partial charge in [0, 0.05) is 20.4 Å². The van der Waals surface area contributed by atoms with Crippen LogP contribution in [-0.4, -0.2) is 24.5 Å². The Morgan fingerprint density at radius 1 is 0.519 bits per heavy atom. The van der Waals surface area contributed by atoms with E-state index in [1.807, 2.05) is 0 Å². The molecular weight excluding hydrogens is 440 g/mol. The SMILES string of the molecule is CCN(CC)CC.[Pd].c1ccc(P(c2ccccc2)c2ccccc2)cc1. The molecule has 3 aromatic rings. The van der Waals surface area contributed by atoms with Gasteiger partial charge in [-0.3, -0.25) is 0 Å². The van der Waals surface area contributed by atoms with Crippen LogP contribution in [0.25, 0.3) is 0 Å². The van der Waals surface area contributed by atoms with Gasteiger partial charge in [0.2, 0.25) is 0 Å². The molecule has 0 radical (unpaired) electrons. The van der Waals surface area contributed by atoms with Crippen molar-refractivity contribution in [3.63, 3.8) is 0 Å². The van der Waals surface area contributed by atoms with Crippen LogP contribution >= 0.6 is 7.92 Å². The molecule has 0 N–H and O–H groups in total. The van der Waals surface area contributed by atoms with Crippen LogP contribution in [0.2, 0.25) is 0 Å². The molecular formula is C24H30NPPd. The molecule has 0 fully saturated rings. The largest absolute Gasteiger partial charge is 0.304 e. The molecule has 0 saturated heterocycles. The molecule has 0 atom stereocenters. The Hall–Kier alpha value is -1.29. The van der Waals surface area contributed by atoms with Gasteiger partial charge < -0.3 is 4.90 Å². The minimum Gasteiger partial charge on any atom is -0.304 e. The molecule has 0 aliphatic rings. The van der Waals surface area contributed by atoms with Crippen molar-refractivity contribution >= 4 is 23.8 Å². The van der Waals surface area contributed by atoms with E-state index in [-0.39, 0.29) is 20.4 Å². The molecule has 0 saturated carbocycles. The number of benzene rings is 3. The van der Waals surface area contributed by atoms with Crippen LogP contribution in [-0.2, 0) is 20.4 Å². The van der Waals surface area contributed by atoms with Crippen molar-refractivity contribution in [2.75, 3.05) is 19.6 Å². The standard InChI is InChI=1S/C18H15P.C6H15N.Pd/c1-4-10-16(11-5-1)19(17-12-6-2-7-13-17)18-14-8-3-9-15-18;1-4-7(5-2)6-3;/h1-15H;4-6H2,1-3H3;. The summed E-state index contributed by atoms with van der Waals surface area (Å²) in [5.74, 6) is 0. The molecule has 146 valence electrons. The summed E-state index contributed by atoms with van der Waals surface area (Å²) in [4.78, 5) is 2.38. The van der Waals surface area contributed by atoms with Crippen LogP contribution < -0.4 is 15.9 Å². The fourth-order valence-electron chi connectivity index (χ4n) is 2.85. The van der Waals surface area contributed by atoms with E-state index in [4.69, 9.17) is 0 Å². The van der Waals surface area contributed by atoms with E-state index in [0.717, 1.165) is 0 Å². The first kappa shape index (κ1) is 23.8. The van der Waals surface area contributed by atoms with Crippen molar-refractivity contribution in [2.24, 2.45) is 0 Å². The Labute approximate surface area is 180 Å². The number of nitrogens with zero attached hydrogens (tertiary/aromatic N) is 1. The van der Waals surface area contributed by atoms with Gasteiger partial charge in [-0.25, -0.2) is 0 Å². The summed E-state index contributed by atoms with van der Waals surface area (Å²) < 4.78 is 0. The first-order chi connectivity index (χ1) is 12.8. The van der Waals surface area contributed by atoms with E-state index in [9.17, 15) is 0 Å². The Kier molecular flexibility index (Phi) is 12.2. The Morgan fingerprint density at radius 3 is 0.963 bits per heavy atom. The maximum Gasteiger partial charge on any atom is 0 e. The van der Waals surface area contributed by atoms with Crippen LogP contribution in [0.15, 0.2) is 91.0 Å². The summed E-state index contributed by atoms with van der Waals surface area (Å²) in [6.45, 7) is 10.1. The zero-order valence-corrected chi connectivity index (χ0v) is 18.9. The second-order valence-corrected chi connectivity index (χ2v) is 8.18. The average molecular weight is 470 g/mol. The minimum atomic E-state index is -0.446. The van der Waals surface area contributed by atoms with Crippen LogP contribution in [0, 0.1) is 0 Å². The van der Waals surface area contributed by atoms with Gasteiger partial charge in [0.1, 0.15) is 0 Å². The van der Waals surface area contributed by atoms with E-state index in [0.29, 0.717) is 0 Å². The van der Waals surface area contributed by atoms with Crippen LogP contribution in [0.4, 0.5) is 0 Å². The minimum absolute atomic E-state index is 0. The normalized spacial score (nSPS) is 10.1. The summed E-state index contributed by atoms with van der Waals surface area (Å²) in [6.07, 6.45) is 0. The monoisotopic (exact) mass is 469 g/mol. The molecule has 0 bridgehead atoms. The second kappa shape index (κ2) is 13.8. The maximum absolute atomic E-state index is 2.38. The molecule has 0 aliphatic heterocycles. The van der Waals surface area contributed by atoms with Gasteiger partial charge in [0.25, 0.3) is 0 Å². The predicted octanol–water partition coefficient (Wildman–Crippen LogP) is 4.79. The molecule has 0 heterocycles. The molecule has 3 aromatic carbocycles. The van der Waals surface area contributed by atoms with E-state index < -0.39 is 7.92 Å². The first-order valence-corrected chi connectivity index (χ1v) is 10.8.